The lowest BCUT2D eigenvalue weighted by Crippen LogP contribution is -2.22. The maximum Gasteiger partial charge on any atom is 0.220 e. The molecule has 1 unspecified atom stereocenters. The van der Waals surface area contributed by atoms with Crippen molar-refractivity contribution in [2.24, 2.45) is 11.7 Å². The van der Waals surface area contributed by atoms with E-state index in [-0.39, 0.29) is 17.6 Å². The summed E-state index contributed by atoms with van der Waals surface area (Å²) in [6.07, 6.45) is 0.525. The minimum atomic E-state index is -0.330. The van der Waals surface area contributed by atoms with Crippen LogP contribution in [0.25, 0.3) is 22.0 Å². The molecule has 0 aliphatic carbocycles. The minimum absolute atomic E-state index is 0.268. The Morgan fingerprint density at radius 2 is 1.86 bits per heavy atom. The van der Waals surface area contributed by atoms with Crippen molar-refractivity contribution in [1.29, 1.82) is 0 Å². The number of para-hydroxylation sites is 1. The zero-order valence-corrected chi connectivity index (χ0v) is 12.3. The molecule has 1 aromatic heterocycles. The van der Waals surface area contributed by atoms with Gasteiger partial charge < -0.3 is 10.7 Å². The number of halogens is 1. The molecule has 22 heavy (non-hydrogen) atoms. The highest BCUT2D eigenvalue weighted by atomic mass is 19.1. The predicted octanol–water partition coefficient (Wildman–Crippen LogP) is 3.64. The number of fused-ring (bicyclic) bond motifs is 1. The molecule has 3 rings (SSSR count). The van der Waals surface area contributed by atoms with E-state index in [0.29, 0.717) is 6.42 Å². The Bertz CT molecular complexity index is 821. The maximum atomic E-state index is 13.2. The van der Waals surface area contributed by atoms with Gasteiger partial charge in [-0.15, -0.1) is 0 Å². The van der Waals surface area contributed by atoms with E-state index >= 15 is 0 Å². The normalized spacial score (nSPS) is 12.5. The van der Waals surface area contributed by atoms with E-state index in [1.807, 2.05) is 31.2 Å². The highest BCUT2D eigenvalue weighted by Gasteiger charge is 2.17. The fourth-order valence-electron chi connectivity index (χ4n) is 2.70. The van der Waals surface area contributed by atoms with Crippen molar-refractivity contribution < 1.29 is 9.18 Å². The van der Waals surface area contributed by atoms with Crippen molar-refractivity contribution in [3.8, 4) is 11.1 Å². The van der Waals surface area contributed by atoms with Crippen LogP contribution in [-0.4, -0.2) is 10.9 Å². The second kappa shape index (κ2) is 5.64. The third kappa shape index (κ3) is 2.60. The summed E-state index contributed by atoms with van der Waals surface area (Å²) < 4.78 is 13.2. The van der Waals surface area contributed by atoms with Gasteiger partial charge in [-0.1, -0.05) is 37.3 Å². The van der Waals surface area contributed by atoms with Gasteiger partial charge in [0.1, 0.15) is 5.82 Å². The molecule has 0 bridgehead atoms. The molecule has 0 saturated heterocycles. The number of hydrogen-bond donors (Lipinski definition) is 2. The topological polar surface area (TPSA) is 58.9 Å². The van der Waals surface area contributed by atoms with Gasteiger partial charge in [-0.3, -0.25) is 4.79 Å². The lowest BCUT2D eigenvalue weighted by atomic mass is 9.96. The molecule has 0 aliphatic rings. The molecule has 3 aromatic rings. The fourth-order valence-corrected chi connectivity index (χ4v) is 2.70. The van der Waals surface area contributed by atoms with Crippen molar-refractivity contribution in [1.82, 2.24) is 4.98 Å². The molecule has 0 saturated carbocycles. The van der Waals surface area contributed by atoms with Crippen LogP contribution in [0.2, 0.25) is 0 Å². The van der Waals surface area contributed by atoms with Crippen LogP contribution in [0.15, 0.2) is 48.5 Å². The summed E-state index contributed by atoms with van der Waals surface area (Å²) in [5.41, 5.74) is 9.25. The van der Waals surface area contributed by atoms with Gasteiger partial charge in [-0.2, -0.15) is 0 Å². The summed E-state index contributed by atoms with van der Waals surface area (Å²) in [5, 5.41) is 1.06. The van der Waals surface area contributed by atoms with Crippen LogP contribution >= 0.6 is 0 Å². The number of primary amides is 1. The minimum Gasteiger partial charge on any atom is -0.369 e. The molecule has 1 atom stereocenters. The molecule has 3 nitrogen and oxygen atoms in total. The van der Waals surface area contributed by atoms with Crippen LogP contribution in [-0.2, 0) is 11.2 Å². The Kier molecular flexibility index (Phi) is 3.67. The number of benzene rings is 2. The lowest BCUT2D eigenvalue weighted by Gasteiger charge is -2.09. The summed E-state index contributed by atoms with van der Waals surface area (Å²) in [7, 11) is 0. The van der Waals surface area contributed by atoms with Gasteiger partial charge >= 0.3 is 0 Å². The quantitative estimate of drug-likeness (QED) is 0.758. The number of rotatable bonds is 4. The van der Waals surface area contributed by atoms with E-state index in [0.717, 1.165) is 27.7 Å². The van der Waals surface area contributed by atoms with Crippen molar-refractivity contribution in [2.45, 2.75) is 13.3 Å². The summed E-state index contributed by atoms with van der Waals surface area (Å²) in [5.74, 6) is -0.869. The molecule has 3 N–H and O–H groups in total. The third-order valence-electron chi connectivity index (χ3n) is 3.91. The number of H-pyrrole nitrogens is 1. The molecular formula is C18H17FN2O. The number of hydrogen-bond acceptors (Lipinski definition) is 1. The number of aromatic nitrogens is 1. The van der Waals surface area contributed by atoms with E-state index in [2.05, 4.69) is 4.98 Å². The van der Waals surface area contributed by atoms with Crippen LogP contribution in [0.5, 0.6) is 0 Å². The van der Waals surface area contributed by atoms with Crippen molar-refractivity contribution in [3.05, 3.63) is 60.0 Å². The van der Waals surface area contributed by atoms with Gasteiger partial charge in [-0.05, 0) is 30.2 Å². The number of aromatic amines is 1. The Labute approximate surface area is 128 Å². The van der Waals surface area contributed by atoms with Gasteiger partial charge in [0, 0.05) is 28.1 Å². The van der Waals surface area contributed by atoms with Gasteiger partial charge in [0.05, 0.1) is 0 Å². The number of amides is 1. The lowest BCUT2D eigenvalue weighted by molar-refractivity contribution is -0.121. The van der Waals surface area contributed by atoms with Crippen molar-refractivity contribution in [3.63, 3.8) is 0 Å². The fraction of sp³-hybridized carbons (Fsp3) is 0.167. The molecular weight excluding hydrogens is 279 g/mol. The van der Waals surface area contributed by atoms with Gasteiger partial charge in [-0.25, -0.2) is 4.39 Å². The zero-order chi connectivity index (χ0) is 15.7. The average molecular weight is 296 g/mol. The Balaban J connectivity index is 2.16. The summed E-state index contributed by atoms with van der Waals surface area (Å²) in [6.45, 7) is 1.81. The van der Waals surface area contributed by atoms with Gasteiger partial charge in [0.15, 0.2) is 0 Å². The molecule has 0 aliphatic heterocycles. The maximum absolute atomic E-state index is 13.2. The summed E-state index contributed by atoms with van der Waals surface area (Å²) >= 11 is 0. The van der Waals surface area contributed by atoms with E-state index in [1.165, 1.54) is 12.1 Å². The molecule has 4 heteroatoms. The number of carbonyl (C=O) groups excluding carboxylic acids is 1. The first-order valence-corrected chi connectivity index (χ1v) is 7.21. The van der Waals surface area contributed by atoms with Gasteiger partial charge in [0.25, 0.3) is 0 Å². The molecule has 0 radical (unpaired) electrons. The van der Waals surface area contributed by atoms with Crippen LogP contribution in [0, 0.1) is 11.7 Å². The smallest absolute Gasteiger partial charge is 0.220 e. The molecule has 0 spiro atoms. The van der Waals surface area contributed by atoms with Crippen LogP contribution in [0.3, 0.4) is 0 Å². The van der Waals surface area contributed by atoms with E-state index in [4.69, 9.17) is 5.73 Å². The van der Waals surface area contributed by atoms with Crippen LogP contribution in [0.4, 0.5) is 4.39 Å². The first-order chi connectivity index (χ1) is 10.6. The van der Waals surface area contributed by atoms with Crippen molar-refractivity contribution >= 4 is 16.8 Å². The molecule has 112 valence electrons. The highest BCUT2D eigenvalue weighted by Crippen LogP contribution is 2.33. The first kappa shape index (κ1) is 14.3. The predicted molar refractivity (Wildman–Crippen MR) is 85.8 cm³/mol. The first-order valence-electron chi connectivity index (χ1n) is 7.21. The largest absolute Gasteiger partial charge is 0.369 e. The molecule has 2 aromatic carbocycles. The van der Waals surface area contributed by atoms with E-state index in [1.54, 1.807) is 12.1 Å². The second-order valence-corrected chi connectivity index (χ2v) is 5.54. The van der Waals surface area contributed by atoms with Crippen LogP contribution < -0.4 is 5.73 Å². The Hall–Kier alpha value is -2.62. The number of nitrogens with two attached hydrogens (primary N) is 1. The Morgan fingerprint density at radius 3 is 2.55 bits per heavy atom. The standard InChI is InChI=1S/C18H17FN2O/c1-11(18(20)22)10-16-17(12-6-8-13(19)9-7-12)14-4-2-3-5-15(14)21-16/h2-9,11,21H,10H2,1H3,(H2,20,22). The molecule has 1 heterocycles. The number of nitrogens with one attached hydrogen (secondary N) is 1. The number of carbonyl (C=O) groups is 1. The monoisotopic (exact) mass is 296 g/mol. The zero-order valence-electron chi connectivity index (χ0n) is 12.3. The third-order valence-corrected chi connectivity index (χ3v) is 3.91. The molecule has 1 amide bonds. The molecule has 0 fully saturated rings. The SMILES string of the molecule is CC(Cc1[nH]c2ccccc2c1-c1ccc(F)cc1)C(N)=O. The van der Waals surface area contributed by atoms with Gasteiger partial charge in [0.2, 0.25) is 5.91 Å². The Morgan fingerprint density at radius 1 is 1.18 bits per heavy atom. The van der Waals surface area contributed by atoms with E-state index in [9.17, 15) is 9.18 Å². The average Bonchev–Trinajstić information content (AvgIpc) is 2.86. The second-order valence-electron chi connectivity index (χ2n) is 5.54. The summed E-state index contributed by atoms with van der Waals surface area (Å²) in [6, 6.07) is 14.3. The van der Waals surface area contributed by atoms with Crippen LogP contribution in [0.1, 0.15) is 12.6 Å². The highest BCUT2D eigenvalue weighted by molar-refractivity contribution is 5.97. The summed E-state index contributed by atoms with van der Waals surface area (Å²) in [4.78, 5) is 14.7. The van der Waals surface area contributed by atoms with Crippen molar-refractivity contribution in [2.75, 3.05) is 0 Å². The van der Waals surface area contributed by atoms with E-state index < -0.39 is 0 Å².